The van der Waals surface area contributed by atoms with E-state index in [1.54, 1.807) is 10.5 Å². The molecule has 5 rings (SSSR count). The van der Waals surface area contributed by atoms with Gasteiger partial charge in [-0.25, -0.2) is 0 Å². The molecule has 8 atom stereocenters. The summed E-state index contributed by atoms with van der Waals surface area (Å²) in [5.41, 5.74) is 0.806. The fraction of sp³-hybridized carbons (Fsp3) is 1.00. The van der Waals surface area contributed by atoms with Gasteiger partial charge in [-0.05, 0) is 84.5 Å². The molecule has 0 spiro atoms. The van der Waals surface area contributed by atoms with Crippen molar-refractivity contribution in [2.24, 2.45) is 34.5 Å². The molecule has 5 aliphatic rings. The van der Waals surface area contributed by atoms with Gasteiger partial charge in [-0.1, -0.05) is 27.7 Å². The van der Waals surface area contributed by atoms with E-state index >= 15 is 0 Å². The van der Waals surface area contributed by atoms with Crippen LogP contribution >= 0.6 is 23.2 Å². The molecule has 0 aromatic rings. The first-order valence-electron chi connectivity index (χ1n) is 10.2. The predicted octanol–water partition coefficient (Wildman–Crippen LogP) is 5.16. The molecule has 0 bridgehead atoms. The van der Waals surface area contributed by atoms with E-state index in [0.717, 1.165) is 49.4 Å². The Balaban J connectivity index is 1.25. The van der Waals surface area contributed by atoms with Gasteiger partial charge in [0.05, 0.1) is 21.8 Å². The number of hydrogen-bond acceptors (Lipinski definition) is 4. The Kier molecular flexibility index (Phi) is 3.63. The number of fused-ring (bicyclic) bond motifs is 2. The minimum Gasteiger partial charge on any atom is -0.153 e. The third-order valence-electron chi connectivity index (χ3n) is 8.99. The van der Waals surface area contributed by atoms with Crippen LogP contribution in [0, 0.1) is 34.5 Å². The highest BCUT2D eigenvalue weighted by Crippen LogP contribution is 2.69. The number of rotatable bonds is 2. The monoisotopic (exact) mass is 402 g/mol. The molecule has 1 saturated heterocycles. The van der Waals surface area contributed by atoms with Gasteiger partial charge in [0.1, 0.15) is 0 Å². The van der Waals surface area contributed by atoms with Crippen LogP contribution in [0.2, 0.25) is 0 Å². The molecule has 1 aliphatic heterocycles. The van der Waals surface area contributed by atoms with Gasteiger partial charge in [-0.15, -0.1) is 23.2 Å². The van der Waals surface area contributed by atoms with E-state index < -0.39 is 0 Å². The average molecular weight is 403 g/mol. The standard InChI is InChI=1S/C20H32Cl2N2O2/c1-17(2)11-7-15(19(5,21)9-13(11)17)23-25-24(26-23)16-8-12-14(18(12,3)4)10-20(16,6)22/h11-16H,7-10H2,1-6H3/t11-,12-,13+,14+,15-,16-,19+,20+/m1/s1. The summed E-state index contributed by atoms with van der Waals surface area (Å²) < 4.78 is 0. The number of hydroxylamine groups is 4. The molecule has 1 heterocycles. The van der Waals surface area contributed by atoms with Crippen LogP contribution in [0.15, 0.2) is 0 Å². The lowest BCUT2D eigenvalue weighted by Crippen LogP contribution is -2.66. The Labute approximate surface area is 167 Å². The van der Waals surface area contributed by atoms with E-state index in [4.69, 9.17) is 33.1 Å². The van der Waals surface area contributed by atoms with Gasteiger partial charge in [0.15, 0.2) is 0 Å². The van der Waals surface area contributed by atoms with Crippen molar-refractivity contribution in [1.82, 2.24) is 10.5 Å². The third-order valence-corrected chi connectivity index (χ3v) is 9.80. The van der Waals surface area contributed by atoms with Gasteiger partial charge in [0.25, 0.3) is 0 Å². The van der Waals surface area contributed by atoms with E-state index in [0.29, 0.717) is 10.8 Å². The van der Waals surface area contributed by atoms with Crippen LogP contribution in [0.3, 0.4) is 0 Å². The molecule has 0 radical (unpaired) electrons. The maximum Gasteiger partial charge on any atom is 0.0860 e. The number of halogens is 2. The molecule has 0 aromatic carbocycles. The number of alkyl halides is 2. The summed E-state index contributed by atoms with van der Waals surface area (Å²) in [6.07, 6.45) is 4.11. The maximum atomic E-state index is 6.90. The van der Waals surface area contributed by atoms with Gasteiger partial charge in [-0.2, -0.15) is 9.88 Å². The van der Waals surface area contributed by atoms with E-state index in [-0.39, 0.29) is 21.8 Å². The predicted molar refractivity (Wildman–Crippen MR) is 102 cm³/mol. The first-order chi connectivity index (χ1) is 11.9. The van der Waals surface area contributed by atoms with Crippen LogP contribution in [0.1, 0.15) is 67.2 Å². The van der Waals surface area contributed by atoms with Crippen molar-refractivity contribution in [2.75, 3.05) is 0 Å². The SMILES string of the molecule is CC1(C)[C@@H]2C[C@@H](N3ON([C@@H]4C[C@@H]5[C@H](C[C@]4(C)Cl)C5(C)C)O3)[C@@](C)(Cl)C[C@@H]21. The second-order valence-electron chi connectivity index (χ2n) is 11.3. The molecule has 0 amide bonds. The van der Waals surface area contributed by atoms with E-state index in [1.807, 2.05) is 0 Å². The summed E-state index contributed by atoms with van der Waals surface area (Å²) in [7, 11) is 0. The number of nitrogens with zero attached hydrogens (tertiary/aromatic N) is 2. The van der Waals surface area contributed by atoms with Crippen molar-refractivity contribution >= 4 is 23.2 Å². The fourth-order valence-electron chi connectivity index (χ4n) is 6.57. The lowest BCUT2D eigenvalue weighted by molar-refractivity contribution is -0.729. The highest BCUT2D eigenvalue weighted by molar-refractivity contribution is 6.24. The molecule has 0 N–H and O–H groups in total. The Hall–Kier alpha value is 0.420. The Bertz CT molecular complexity index is 577. The van der Waals surface area contributed by atoms with Crippen molar-refractivity contribution in [3.05, 3.63) is 0 Å². The minimum atomic E-state index is -0.318. The highest BCUT2D eigenvalue weighted by atomic mass is 35.5. The second kappa shape index (κ2) is 5.12. The van der Waals surface area contributed by atoms with Crippen molar-refractivity contribution in [3.8, 4) is 0 Å². The topological polar surface area (TPSA) is 24.9 Å². The normalized spacial score (nSPS) is 57.7. The maximum absolute atomic E-state index is 6.90. The quantitative estimate of drug-likeness (QED) is 0.595. The van der Waals surface area contributed by atoms with E-state index in [9.17, 15) is 0 Å². The molecule has 4 nitrogen and oxygen atoms in total. The average Bonchev–Trinajstić information content (AvgIpc) is 3.17. The highest BCUT2D eigenvalue weighted by Gasteiger charge is 2.68. The van der Waals surface area contributed by atoms with Gasteiger partial charge in [0.2, 0.25) is 0 Å². The molecule has 5 fully saturated rings. The van der Waals surface area contributed by atoms with Gasteiger partial charge in [-0.3, -0.25) is 0 Å². The van der Waals surface area contributed by atoms with Crippen LogP contribution in [-0.4, -0.2) is 32.3 Å². The summed E-state index contributed by atoms with van der Waals surface area (Å²) in [6.45, 7) is 13.7. The third kappa shape index (κ3) is 2.42. The Morgan fingerprint density at radius 3 is 1.35 bits per heavy atom. The van der Waals surface area contributed by atoms with Crippen LogP contribution in [0.5, 0.6) is 0 Å². The minimum absolute atomic E-state index is 0.0822. The van der Waals surface area contributed by atoms with Crippen LogP contribution in [0.4, 0.5) is 0 Å². The van der Waals surface area contributed by atoms with Crippen molar-refractivity contribution in [1.29, 1.82) is 0 Å². The molecule has 0 unspecified atom stereocenters. The fourth-order valence-corrected chi connectivity index (χ4v) is 7.24. The van der Waals surface area contributed by atoms with Crippen molar-refractivity contribution < 1.29 is 9.88 Å². The molecular weight excluding hydrogens is 371 g/mol. The first-order valence-corrected chi connectivity index (χ1v) is 10.9. The summed E-state index contributed by atoms with van der Waals surface area (Å²) in [5.74, 6) is 2.91. The molecule has 26 heavy (non-hydrogen) atoms. The van der Waals surface area contributed by atoms with E-state index in [1.165, 1.54) is 0 Å². The van der Waals surface area contributed by atoms with Crippen molar-refractivity contribution in [2.45, 2.75) is 89.1 Å². The second-order valence-corrected chi connectivity index (χ2v) is 13.0. The Morgan fingerprint density at radius 2 is 1.00 bits per heavy atom. The van der Waals surface area contributed by atoms with Gasteiger partial charge >= 0.3 is 0 Å². The summed E-state index contributed by atoms with van der Waals surface area (Å²) in [6, 6.07) is 0.164. The lowest BCUT2D eigenvalue weighted by Gasteiger charge is -2.52. The molecule has 6 heteroatoms. The van der Waals surface area contributed by atoms with Gasteiger partial charge < -0.3 is 0 Å². The van der Waals surface area contributed by atoms with Crippen LogP contribution < -0.4 is 0 Å². The van der Waals surface area contributed by atoms with E-state index in [2.05, 4.69) is 41.5 Å². The van der Waals surface area contributed by atoms with Crippen molar-refractivity contribution in [3.63, 3.8) is 0 Å². The lowest BCUT2D eigenvalue weighted by atomic mass is 9.85. The van der Waals surface area contributed by atoms with Crippen LogP contribution in [0.25, 0.3) is 0 Å². The Morgan fingerprint density at radius 1 is 0.654 bits per heavy atom. The molecule has 0 aromatic heterocycles. The zero-order chi connectivity index (χ0) is 18.9. The number of hydrogen-bond donors (Lipinski definition) is 0. The molecule has 4 aliphatic carbocycles. The summed E-state index contributed by atoms with van der Waals surface area (Å²) in [4.78, 5) is 11.4. The largest absolute Gasteiger partial charge is 0.153 e. The molecule has 148 valence electrons. The summed E-state index contributed by atoms with van der Waals surface area (Å²) in [5, 5.41) is 3.30. The first kappa shape index (κ1) is 18.4. The van der Waals surface area contributed by atoms with Gasteiger partial charge in [0, 0.05) is 0 Å². The smallest absolute Gasteiger partial charge is 0.0860 e. The molecular formula is C20H32Cl2N2O2. The zero-order valence-electron chi connectivity index (χ0n) is 16.8. The zero-order valence-corrected chi connectivity index (χ0v) is 18.3. The van der Waals surface area contributed by atoms with Crippen LogP contribution in [-0.2, 0) is 9.88 Å². The molecule has 4 saturated carbocycles. The summed E-state index contributed by atoms with van der Waals surface area (Å²) >= 11 is 13.8.